The third-order valence-electron chi connectivity index (χ3n) is 2.31. The Labute approximate surface area is 108 Å². The minimum atomic E-state index is -3.54. The highest BCUT2D eigenvalue weighted by Gasteiger charge is 2.18. The fourth-order valence-electron chi connectivity index (χ4n) is 1.59. The second-order valence-electron chi connectivity index (χ2n) is 4.26. The van der Waals surface area contributed by atoms with Crippen LogP contribution in [0.2, 0.25) is 0 Å². The number of nitrogens with one attached hydrogen (secondary N) is 1. The molecule has 6 heteroatoms. The van der Waals surface area contributed by atoms with Crippen LogP contribution in [0.25, 0.3) is 0 Å². The van der Waals surface area contributed by atoms with E-state index < -0.39 is 10.0 Å². The van der Waals surface area contributed by atoms with E-state index in [-0.39, 0.29) is 10.9 Å². The average Bonchev–Trinajstić information content (AvgIpc) is 2.24. The quantitative estimate of drug-likeness (QED) is 0.764. The lowest BCUT2D eigenvalue weighted by molar-refractivity contribution is 0.133. The van der Waals surface area contributed by atoms with Crippen LogP contribution in [-0.4, -0.2) is 27.7 Å². The largest absolute Gasteiger partial charge is 0.399 e. The van der Waals surface area contributed by atoms with Gasteiger partial charge in [-0.25, -0.2) is 13.1 Å². The first-order valence-electron chi connectivity index (χ1n) is 5.82. The zero-order valence-electron chi connectivity index (χ0n) is 10.9. The number of nitrogens with two attached hydrogens (primary N) is 1. The number of anilines is 1. The van der Waals surface area contributed by atoms with Crippen LogP contribution in [0.4, 0.5) is 5.69 Å². The molecule has 0 heterocycles. The SMILES string of the molecule is CCOCC(C)NS(=O)(=O)c1cc(C)cc(N)c1. The highest BCUT2D eigenvalue weighted by Crippen LogP contribution is 2.16. The van der Waals surface area contributed by atoms with Gasteiger partial charge < -0.3 is 10.5 Å². The standard InChI is InChI=1S/C12H20N2O3S/c1-4-17-8-10(3)14-18(15,16)12-6-9(2)5-11(13)7-12/h5-7,10,14H,4,8,13H2,1-3H3. The van der Waals surface area contributed by atoms with E-state index in [1.807, 2.05) is 6.92 Å². The van der Waals surface area contributed by atoms with Crippen molar-refractivity contribution >= 4 is 15.7 Å². The summed E-state index contributed by atoms with van der Waals surface area (Å²) in [6.07, 6.45) is 0. The first kappa shape index (κ1) is 14.9. The zero-order chi connectivity index (χ0) is 13.8. The van der Waals surface area contributed by atoms with Gasteiger partial charge in [-0.15, -0.1) is 0 Å². The summed E-state index contributed by atoms with van der Waals surface area (Å²) in [7, 11) is -3.54. The number of benzene rings is 1. The van der Waals surface area contributed by atoms with Crippen LogP contribution in [0.5, 0.6) is 0 Å². The molecule has 0 aromatic heterocycles. The molecule has 1 unspecified atom stereocenters. The lowest BCUT2D eigenvalue weighted by atomic mass is 10.2. The van der Waals surface area contributed by atoms with Crippen LogP contribution >= 0.6 is 0 Å². The van der Waals surface area contributed by atoms with Crippen LogP contribution in [0.1, 0.15) is 19.4 Å². The Morgan fingerprint density at radius 3 is 2.61 bits per heavy atom. The van der Waals surface area contributed by atoms with E-state index in [0.717, 1.165) is 5.56 Å². The third-order valence-corrected chi connectivity index (χ3v) is 3.88. The minimum Gasteiger partial charge on any atom is -0.399 e. The van der Waals surface area contributed by atoms with Gasteiger partial charge in [0.05, 0.1) is 11.5 Å². The maximum atomic E-state index is 12.1. The van der Waals surface area contributed by atoms with Crippen LogP contribution < -0.4 is 10.5 Å². The molecule has 1 rings (SSSR count). The Morgan fingerprint density at radius 1 is 1.39 bits per heavy atom. The maximum absolute atomic E-state index is 12.1. The Kier molecular flexibility index (Phi) is 5.13. The van der Waals surface area contributed by atoms with Crippen molar-refractivity contribution in [2.24, 2.45) is 0 Å². The van der Waals surface area contributed by atoms with Crippen molar-refractivity contribution in [2.45, 2.75) is 31.7 Å². The summed E-state index contributed by atoms with van der Waals surface area (Å²) < 4.78 is 31.9. The molecule has 0 bridgehead atoms. The summed E-state index contributed by atoms with van der Waals surface area (Å²) in [6.45, 7) is 6.33. The number of rotatable bonds is 6. The van der Waals surface area contributed by atoms with E-state index in [9.17, 15) is 8.42 Å². The lowest BCUT2D eigenvalue weighted by Gasteiger charge is -2.14. The topological polar surface area (TPSA) is 81.4 Å². The van der Waals surface area contributed by atoms with Gasteiger partial charge in [0.15, 0.2) is 0 Å². The second kappa shape index (κ2) is 6.17. The van der Waals surface area contributed by atoms with Crippen molar-refractivity contribution in [3.8, 4) is 0 Å². The van der Waals surface area contributed by atoms with Crippen molar-refractivity contribution in [1.82, 2.24) is 4.72 Å². The Bertz CT molecular complexity index is 480. The summed E-state index contributed by atoms with van der Waals surface area (Å²) in [5.41, 5.74) is 6.90. The van der Waals surface area contributed by atoms with E-state index in [0.29, 0.717) is 18.9 Å². The van der Waals surface area contributed by atoms with Gasteiger partial charge in [0.25, 0.3) is 0 Å². The minimum absolute atomic E-state index is 0.184. The van der Waals surface area contributed by atoms with Crippen molar-refractivity contribution in [2.75, 3.05) is 18.9 Å². The van der Waals surface area contributed by atoms with Crippen molar-refractivity contribution in [1.29, 1.82) is 0 Å². The Balaban J connectivity index is 2.86. The van der Waals surface area contributed by atoms with Gasteiger partial charge >= 0.3 is 0 Å². The smallest absolute Gasteiger partial charge is 0.240 e. The zero-order valence-corrected chi connectivity index (χ0v) is 11.8. The first-order chi connectivity index (χ1) is 8.35. The molecular weight excluding hydrogens is 252 g/mol. The highest BCUT2D eigenvalue weighted by atomic mass is 32.2. The average molecular weight is 272 g/mol. The van der Waals surface area contributed by atoms with E-state index in [1.54, 1.807) is 26.0 Å². The van der Waals surface area contributed by atoms with Gasteiger partial charge in [0, 0.05) is 18.3 Å². The molecule has 0 saturated heterocycles. The normalized spacial score (nSPS) is 13.5. The van der Waals surface area contributed by atoms with Crippen molar-refractivity contribution < 1.29 is 13.2 Å². The third kappa shape index (κ3) is 4.29. The lowest BCUT2D eigenvalue weighted by Crippen LogP contribution is -2.35. The summed E-state index contributed by atoms with van der Waals surface area (Å²) in [5.74, 6) is 0. The number of ether oxygens (including phenoxy) is 1. The van der Waals surface area contributed by atoms with Gasteiger partial charge in [-0.1, -0.05) is 0 Å². The van der Waals surface area contributed by atoms with Gasteiger partial charge in [-0.3, -0.25) is 0 Å². The molecule has 0 aliphatic heterocycles. The molecule has 1 aromatic rings. The molecule has 0 radical (unpaired) electrons. The van der Waals surface area contributed by atoms with E-state index in [2.05, 4.69) is 4.72 Å². The van der Waals surface area contributed by atoms with Crippen LogP contribution in [0.3, 0.4) is 0 Å². The predicted octanol–water partition coefficient (Wildman–Crippen LogP) is 1.28. The number of hydrogen-bond acceptors (Lipinski definition) is 4. The maximum Gasteiger partial charge on any atom is 0.240 e. The number of aryl methyl sites for hydroxylation is 1. The number of sulfonamides is 1. The molecule has 0 spiro atoms. The summed E-state index contributed by atoms with van der Waals surface area (Å²) in [4.78, 5) is 0.184. The molecule has 3 N–H and O–H groups in total. The van der Waals surface area contributed by atoms with Crippen molar-refractivity contribution in [3.05, 3.63) is 23.8 Å². The first-order valence-corrected chi connectivity index (χ1v) is 7.30. The van der Waals surface area contributed by atoms with Gasteiger partial charge in [-0.2, -0.15) is 0 Å². The Morgan fingerprint density at radius 2 is 2.06 bits per heavy atom. The van der Waals surface area contributed by atoms with Gasteiger partial charge in [0.2, 0.25) is 10.0 Å². The molecule has 0 saturated carbocycles. The van der Waals surface area contributed by atoms with E-state index in [1.165, 1.54) is 6.07 Å². The molecule has 102 valence electrons. The molecular formula is C12H20N2O3S. The van der Waals surface area contributed by atoms with Crippen LogP contribution in [0, 0.1) is 6.92 Å². The summed E-state index contributed by atoms with van der Waals surface area (Å²) >= 11 is 0. The molecule has 5 nitrogen and oxygen atoms in total. The van der Waals surface area contributed by atoms with Gasteiger partial charge in [0.1, 0.15) is 0 Å². The molecule has 0 aliphatic rings. The molecule has 0 amide bonds. The predicted molar refractivity (Wildman–Crippen MR) is 71.9 cm³/mol. The molecule has 1 aromatic carbocycles. The Hall–Kier alpha value is -1.11. The van der Waals surface area contributed by atoms with E-state index in [4.69, 9.17) is 10.5 Å². The molecule has 0 aliphatic carbocycles. The highest BCUT2D eigenvalue weighted by molar-refractivity contribution is 7.89. The number of hydrogen-bond donors (Lipinski definition) is 2. The van der Waals surface area contributed by atoms with E-state index >= 15 is 0 Å². The molecule has 18 heavy (non-hydrogen) atoms. The molecule has 0 fully saturated rings. The molecule has 1 atom stereocenters. The second-order valence-corrected chi connectivity index (χ2v) is 5.98. The number of nitrogen functional groups attached to an aromatic ring is 1. The fraction of sp³-hybridized carbons (Fsp3) is 0.500. The van der Waals surface area contributed by atoms with Crippen molar-refractivity contribution in [3.63, 3.8) is 0 Å². The summed E-state index contributed by atoms with van der Waals surface area (Å²) in [5, 5.41) is 0. The summed E-state index contributed by atoms with van der Waals surface area (Å²) in [6, 6.07) is 4.48. The van der Waals surface area contributed by atoms with Crippen LogP contribution in [0.15, 0.2) is 23.1 Å². The van der Waals surface area contributed by atoms with Crippen LogP contribution in [-0.2, 0) is 14.8 Å². The van der Waals surface area contributed by atoms with Gasteiger partial charge in [-0.05, 0) is 44.5 Å². The monoisotopic (exact) mass is 272 g/mol. The fourth-order valence-corrected chi connectivity index (χ4v) is 2.96.